The lowest BCUT2D eigenvalue weighted by Crippen LogP contribution is -2.42. The van der Waals surface area contributed by atoms with Crippen molar-refractivity contribution in [3.8, 4) is 6.07 Å². The van der Waals surface area contributed by atoms with E-state index in [0.717, 1.165) is 24.6 Å². The molecule has 10 heteroatoms. The van der Waals surface area contributed by atoms with E-state index in [1.165, 1.54) is 10.6 Å². The number of aromatic nitrogens is 2. The van der Waals surface area contributed by atoms with Crippen LogP contribution in [0.25, 0.3) is 10.9 Å². The molecule has 2 aromatic heterocycles. The van der Waals surface area contributed by atoms with Crippen LogP contribution < -0.4 is 10.9 Å². The molecule has 1 aliphatic carbocycles. The van der Waals surface area contributed by atoms with E-state index < -0.39 is 10.0 Å². The molecule has 1 saturated carbocycles. The van der Waals surface area contributed by atoms with Crippen LogP contribution in [0.3, 0.4) is 0 Å². The summed E-state index contributed by atoms with van der Waals surface area (Å²) >= 11 is 3.40. The Morgan fingerprint density at radius 1 is 1.28 bits per heavy atom. The number of nitrogens with zero attached hydrogens (tertiary/aromatic N) is 4. The molecule has 0 radical (unpaired) electrons. The Kier molecular flexibility index (Phi) is 6.11. The average Bonchev–Trinajstić information content (AvgIpc) is 3.07. The Bertz CT molecular complexity index is 1260. The van der Waals surface area contributed by atoms with Crippen molar-refractivity contribution in [2.45, 2.75) is 58.0 Å². The van der Waals surface area contributed by atoms with Gasteiger partial charge in [0, 0.05) is 36.8 Å². The molecule has 0 amide bonds. The van der Waals surface area contributed by atoms with E-state index in [1.54, 1.807) is 16.8 Å². The second-order valence-corrected chi connectivity index (χ2v) is 12.4. The number of rotatable bonds is 4. The van der Waals surface area contributed by atoms with Gasteiger partial charge >= 0.3 is 0 Å². The number of fused-ring (bicyclic) bond motifs is 1. The summed E-state index contributed by atoms with van der Waals surface area (Å²) in [6.45, 7) is 5.21. The van der Waals surface area contributed by atoms with Crippen LogP contribution in [0, 0.1) is 16.7 Å². The SMILES string of the molecule is CC1(C)CCC[C@H]1n1c(=O)c(Br)cc2cnc(NC3CCN(S(C)(=O)=O)CC3)c(C#N)c21. The average molecular weight is 522 g/mol. The lowest BCUT2D eigenvalue weighted by atomic mass is 9.87. The van der Waals surface area contributed by atoms with Crippen LogP contribution in [0.15, 0.2) is 21.5 Å². The fourth-order valence-electron chi connectivity index (χ4n) is 5.12. The molecule has 1 N–H and O–H groups in total. The maximum absolute atomic E-state index is 13.3. The maximum Gasteiger partial charge on any atom is 0.265 e. The van der Waals surface area contributed by atoms with E-state index in [-0.39, 0.29) is 23.1 Å². The molecule has 0 bridgehead atoms. The largest absolute Gasteiger partial charge is 0.366 e. The number of sulfonamides is 1. The monoisotopic (exact) mass is 521 g/mol. The molecular formula is C22H28BrN5O3S. The molecular weight excluding hydrogens is 494 g/mol. The summed E-state index contributed by atoms with van der Waals surface area (Å²) < 4.78 is 27.3. The smallest absolute Gasteiger partial charge is 0.265 e. The van der Waals surface area contributed by atoms with Crippen molar-refractivity contribution in [2.24, 2.45) is 5.41 Å². The molecule has 4 rings (SSSR count). The highest BCUT2D eigenvalue weighted by molar-refractivity contribution is 9.10. The Morgan fingerprint density at radius 3 is 2.53 bits per heavy atom. The van der Waals surface area contributed by atoms with E-state index in [4.69, 9.17) is 0 Å². The van der Waals surface area contributed by atoms with Crippen molar-refractivity contribution in [1.82, 2.24) is 13.9 Å². The summed E-state index contributed by atoms with van der Waals surface area (Å²) in [5.74, 6) is 0.448. The molecule has 32 heavy (non-hydrogen) atoms. The van der Waals surface area contributed by atoms with E-state index in [9.17, 15) is 18.5 Å². The van der Waals surface area contributed by atoms with Crippen LogP contribution in [0.5, 0.6) is 0 Å². The van der Waals surface area contributed by atoms with Crippen LogP contribution >= 0.6 is 15.9 Å². The predicted molar refractivity (Wildman–Crippen MR) is 128 cm³/mol. The minimum Gasteiger partial charge on any atom is -0.366 e. The zero-order chi connectivity index (χ0) is 23.3. The first-order valence-electron chi connectivity index (χ1n) is 10.9. The highest BCUT2D eigenvalue weighted by atomic mass is 79.9. The van der Waals surface area contributed by atoms with E-state index in [0.29, 0.717) is 47.3 Å². The van der Waals surface area contributed by atoms with E-state index in [1.807, 2.05) is 0 Å². The third kappa shape index (κ3) is 4.18. The number of nitriles is 1. The summed E-state index contributed by atoms with van der Waals surface area (Å²) in [5.41, 5.74) is 0.791. The lowest BCUT2D eigenvalue weighted by molar-refractivity contribution is 0.261. The fraction of sp³-hybridized carbons (Fsp3) is 0.591. The molecule has 1 atom stereocenters. The summed E-state index contributed by atoms with van der Waals surface area (Å²) in [7, 11) is -3.20. The van der Waals surface area contributed by atoms with Crippen molar-refractivity contribution in [2.75, 3.05) is 24.7 Å². The molecule has 2 fully saturated rings. The van der Waals surface area contributed by atoms with Gasteiger partial charge in [-0.3, -0.25) is 4.79 Å². The van der Waals surface area contributed by atoms with Gasteiger partial charge in [-0.15, -0.1) is 0 Å². The number of nitrogens with one attached hydrogen (secondary N) is 1. The highest BCUT2D eigenvalue weighted by Gasteiger charge is 2.38. The zero-order valence-electron chi connectivity index (χ0n) is 18.6. The van der Waals surface area contributed by atoms with E-state index >= 15 is 0 Å². The van der Waals surface area contributed by atoms with Gasteiger partial charge in [0.1, 0.15) is 17.5 Å². The van der Waals surface area contributed by atoms with Gasteiger partial charge in [-0.1, -0.05) is 20.3 Å². The minimum absolute atomic E-state index is 0.00333. The lowest BCUT2D eigenvalue weighted by Gasteiger charge is -2.32. The number of halogens is 1. The van der Waals surface area contributed by atoms with Gasteiger partial charge in [0.05, 0.1) is 16.2 Å². The number of hydrogen-bond donors (Lipinski definition) is 1. The van der Waals surface area contributed by atoms with Gasteiger partial charge in [-0.2, -0.15) is 5.26 Å². The number of piperidine rings is 1. The summed E-state index contributed by atoms with van der Waals surface area (Å²) in [5, 5.41) is 14.2. The Morgan fingerprint density at radius 2 is 1.97 bits per heavy atom. The molecule has 2 aliphatic rings. The first-order chi connectivity index (χ1) is 15.0. The molecule has 3 heterocycles. The van der Waals surface area contributed by atoms with Gasteiger partial charge in [0.2, 0.25) is 10.0 Å². The summed E-state index contributed by atoms with van der Waals surface area (Å²) in [6, 6.07) is 4.03. The second-order valence-electron chi connectivity index (χ2n) is 9.54. The first kappa shape index (κ1) is 23.2. The molecule has 172 valence electrons. The number of hydrogen-bond acceptors (Lipinski definition) is 6. The van der Waals surface area contributed by atoms with Crippen molar-refractivity contribution in [3.63, 3.8) is 0 Å². The van der Waals surface area contributed by atoms with E-state index in [2.05, 4.69) is 46.1 Å². The van der Waals surface area contributed by atoms with Crippen LogP contribution in [0.2, 0.25) is 0 Å². The van der Waals surface area contributed by atoms with Gasteiger partial charge in [-0.05, 0) is 53.1 Å². The van der Waals surface area contributed by atoms with Gasteiger partial charge < -0.3 is 9.88 Å². The standard InChI is InChI=1S/C22H28BrN5O3S/c1-22(2)8-4-5-18(22)28-19-14(11-17(23)21(28)29)13-25-20(16(19)12-24)26-15-6-9-27(10-7-15)32(3,30)31/h11,13,15,18H,4-10H2,1-3H3,(H,25,26)/t18-/m1/s1. The minimum atomic E-state index is -3.20. The quantitative estimate of drug-likeness (QED) is 0.657. The third-order valence-electron chi connectivity index (χ3n) is 6.91. The van der Waals surface area contributed by atoms with Crippen LogP contribution in [0.1, 0.15) is 57.6 Å². The summed E-state index contributed by atoms with van der Waals surface area (Å²) in [4.78, 5) is 17.8. The number of pyridine rings is 2. The molecule has 2 aromatic rings. The van der Waals surface area contributed by atoms with Crippen LogP contribution in [-0.4, -0.2) is 47.7 Å². The summed E-state index contributed by atoms with van der Waals surface area (Å²) in [6.07, 6.45) is 7.12. The fourth-order valence-corrected chi connectivity index (χ4v) is 6.43. The molecule has 0 spiro atoms. The molecule has 8 nitrogen and oxygen atoms in total. The Hall–Kier alpha value is -1.96. The molecule has 0 aromatic carbocycles. The van der Waals surface area contributed by atoms with Crippen LogP contribution in [-0.2, 0) is 10.0 Å². The first-order valence-corrected chi connectivity index (χ1v) is 13.5. The van der Waals surface area contributed by atoms with Crippen molar-refractivity contribution >= 4 is 42.7 Å². The number of anilines is 1. The normalized spacial score (nSPS) is 22.2. The van der Waals surface area contributed by atoms with Crippen molar-refractivity contribution in [3.05, 3.63) is 32.7 Å². The zero-order valence-corrected chi connectivity index (χ0v) is 21.0. The van der Waals surface area contributed by atoms with Crippen molar-refractivity contribution in [1.29, 1.82) is 5.26 Å². The van der Waals surface area contributed by atoms with Crippen LogP contribution in [0.4, 0.5) is 5.82 Å². The second kappa shape index (κ2) is 8.43. The highest BCUT2D eigenvalue weighted by Crippen LogP contribution is 2.46. The molecule has 0 unspecified atom stereocenters. The van der Waals surface area contributed by atoms with Gasteiger partial charge in [0.15, 0.2) is 0 Å². The Balaban J connectivity index is 1.77. The molecule has 1 aliphatic heterocycles. The molecule has 1 saturated heterocycles. The third-order valence-corrected chi connectivity index (χ3v) is 8.79. The predicted octanol–water partition coefficient (Wildman–Crippen LogP) is 3.62. The van der Waals surface area contributed by atoms with Gasteiger partial charge in [0.25, 0.3) is 5.56 Å². The van der Waals surface area contributed by atoms with Gasteiger partial charge in [-0.25, -0.2) is 17.7 Å². The Labute approximate surface area is 196 Å². The maximum atomic E-state index is 13.3. The topological polar surface area (TPSA) is 108 Å². The van der Waals surface area contributed by atoms with Crippen molar-refractivity contribution < 1.29 is 8.42 Å².